The Morgan fingerprint density at radius 2 is 1.52 bits per heavy atom. The molecule has 0 aromatic carbocycles. The predicted octanol–water partition coefficient (Wildman–Crippen LogP) is 3.55. The fourth-order valence-electron chi connectivity index (χ4n) is 6.15. The molecule has 0 radical (unpaired) electrons. The average Bonchev–Trinajstić information content (AvgIpc) is 3.61. The molecule has 1 aliphatic heterocycles. The van der Waals surface area contributed by atoms with Gasteiger partial charge in [0, 0.05) is 12.8 Å². The molecule has 6 atom stereocenters. The molecule has 0 unspecified atom stereocenters. The lowest BCUT2D eigenvalue weighted by Crippen LogP contribution is -2.49. The molecule has 18 heteroatoms. The summed E-state index contributed by atoms with van der Waals surface area (Å²) in [7, 11) is -4.33. The summed E-state index contributed by atoms with van der Waals surface area (Å²) in [6, 6.07) is 1.10. The maximum absolute atomic E-state index is 14.6. The molecular weight excluding hydrogens is 699 g/mol. The predicted molar refractivity (Wildman–Crippen MR) is 185 cm³/mol. The molecule has 1 saturated heterocycles. The Hall–Kier alpha value is -3.63. The van der Waals surface area contributed by atoms with Crippen molar-refractivity contribution >= 4 is 42.9 Å². The SMILES string of the molecule is CCC(=O)O[C@H]1[C@H](c2ccc3c(N)ncnn23)O[C@](C)(COP(=O)(N[C@@H](C)C(=O)OCC2CCC2)N[C@@H](C)C(=O)OCC2CCC2)[C@H]1OC(=O)CC. The Balaban J connectivity index is 1.42. The maximum atomic E-state index is 14.6. The minimum Gasteiger partial charge on any atom is -0.464 e. The highest BCUT2D eigenvalue weighted by Crippen LogP contribution is 2.48. The van der Waals surface area contributed by atoms with Gasteiger partial charge in [0.05, 0.1) is 25.5 Å². The molecule has 3 fully saturated rings. The van der Waals surface area contributed by atoms with Crippen LogP contribution < -0.4 is 15.9 Å². The highest BCUT2D eigenvalue weighted by molar-refractivity contribution is 7.54. The van der Waals surface area contributed by atoms with E-state index >= 15 is 0 Å². The van der Waals surface area contributed by atoms with E-state index in [4.69, 9.17) is 33.9 Å². The quantitative estimate of drug-likeness (QED) is 0.113. The van der Waals surface area contributed by atoms with Gasteiger partial charge in [-0.25, -0.2) is 19.7 Å². The van der Waals surface area contributed by atoms with Gasteiger partial charge in [-0.2, -0.15) is 5.10 Å². The number of fused-ring (bicyclic) bond motifs is 1. The number of hydrogen-bond acceptors (Lipinski definition) is 14. The van der Waals surface area contributed by atoms with Gasteiger partial charge < -0.3 is 33.9 Å². The number of nitrogens with two attached hydrogens (primary N) is 1. The van der Waals surface area contributed by atoms with Crippen molar-refractivity contribution in [3.63, 3.8) is 0 Å². The van der Waals surface area contributed by atoms with Crippen molar-refractivity contribution in [2.75, 3.05) is 25.6 Å². The number of aromatic nitrogens is 3. The zero-order valence-electron chi connectivity index (χ0n) is 30.4. The van der Waals surface area contributed by atoms with Crippen LogP contribution in [0.25, 0.3) is 5.52 Å². The van der Waals surface area contributed by atoms with Crippen molar-refractivity contribution in [1.82, 2.24) is 24.8 Å². The minimum absolute atomic E-state index is 0.00701. The topological polar surface area (TPSA) is 221 Å². The summed E-state index contributed by atoms with van der Waals surface area (Å²) in [4.78, 5) is 55.6. The van der Waals surface area contributed by atoms with E-state index in [1.165, 1.54) is 24.7 Å². The number of esters is 4. The fourth-order valence-corrected chi connectivity index (χ4v) is 8.05. The summed E-state index contributed by atoms with van der Waals surface area (Å²) >= 11 is 0. The zero-order valence-corrected chi connectivity index (χ0v) is 31.3. The Bertz CT molecular complexity index is 1610. The second-order valence-electron chi connectivity index (χ2n) is 14.0. The van der Waals surface area contributed by atoms with Crippen molar-refractivity contribution in [3.8, 4) is 0 Å². The van der Waals surface area contributed by atoms with Crippen LogP contribution in [-0.4, -0.2) is 88.2 Å². The van der Waals surface area contributed by atoms with Crippen LogP contribution in [0.2, 0.25) is 0 Å². The molecule has 4 N–H and O–H groups in total. The highest BCUT2D eigenvalue weighted by atomic mass is 31.2. The number of nitrogen functional groups attached to an aromatic ring is 1. The first-order valence-corrected chi connectivity index (χ1v) is 19.7. The highest BCUT2D eigenvalue weighted by Gasteiger charge is 2.59. The molecular formula is C34H51N6O11P. The molecule has 2 aromatic heterocycles. The van der Waals surface area contributed by atoms with E-state index < -0.39 is 74.2 Å². The fraction of sp³-hybridized carbons (Fsp3) is 0.706. The standard InChI is InChI=1S/C34H51N6O11P/c1-6-26(41)49-29-28(24-14-15-25-31(35)36-19-37-40(24)25)51-34(5,30(29)50-27(42)7-2)18-48-52(45,38-20(3)32(43)46-16-22-10-8-11-22)39-21(4)33(44)47-17-23-12-9-13-23/h14-15,19-23,28-30H,6-13,16-18H2,1-5H3,(H2,35,36,37)(H2,38,39,45)/t20-,21-,28-,29-,30-,34+/m0/s1. The molecule has 52 heavy (non-hydrogen) atoms. The summed E-state index contributed by atoms with van der Waals surface area (Å²) in [6.07, 6.45) is 3.75. The smallest absolute Gasteiger partial charge is 0.342 e. The third-order valence-electron chi connectivity index (χ3n) is 9.84. The molecule has 288 valence electrons. The van der Waals surface area contributed by atoms with E-state index in [1.807, 2.05) is 0 Å². The number of nitrogens with zero attached hydrogens (tertiary/aromatic N) is 3. The summed E-state index contributed by atoms with van der Waals surface area (Å²) in [5.74, 6) is -1.74. The van der Waals surface area contributed by atoms with Gasteiger partial charge in [-0.05, 0) is 70.4 Å². The molecule has 2 aliphatic carbocycles. The van der Waals surface area contributed by atoms with Crippen molar-refractivity contribution in [3.05, 3.63) is 24.2 Å². The summed E-state index contributed by atoms with van der Waals surface area (Å²) < 4.78 is 51.4. The third-order valence-corrected chi connectivity index (χ3v) is 11.8. The van der Waals surface area contributed by atoms with Crippen molar-refractivity contribution in [1.29, 1.82) is 0 Å². The van der Waals surface area contributed by atoms with Crippen LogP contribution in [0.1, 0.15) is 97.8 Å². The number of hydrogen-bond donors (Lipinski definition) is 3. The van der Waals surface area contributed by atoms with Crippen LogP contribution in [0.4, 0.5) is 5.82 Å². The van der Waals surface area contributed by atoms with Crippen LogP contribution in [0, 0.1) is 11.8 Å². The van der Waals surface area contributed by atoms with Crippen molar-refractivity contribution in [2.45, 2.75) is 122 Å². The minimum atomic E-state index is -4.33. The van der Waals surface area contributed by atoms with Crippen LogP contribution in [-0.2, 0) is 52.0 Å². The van der Waals surface area contributed by atoms with Crippen LogP contribution in [0.3, 0.4) is 0 Å². The molecule has 0 amide bonds. The first kappa shape index (κ1) is 39.6. The zero-order chi connectivity index (χ0) is 37.6. The lowest BCUT2D eigenvalue weighted by molar-refractivity contribution is -0.171. The molecule has 3 heterocycles. The lowest BCUT2D eigenvalue weighted by Gasteiger charge is -2.33. The molecule has 0 bridgehead atoms. The average molecular weight is 751 g/mol. The van der Waals surface area contributed by atoms with E-state index in [-0.39, 0.29) is 43.7 Å². The Morgan fingerprint density at radius 1 is 0.962 bits per heavy atom. The van der Waals surface area contributed by atoms with E-state index in [0.29, 0.717) is 11.2 Å². The normalized spacial score (nSPS) is 24.8. The van der Waals surface area contributed by atoms with Crippen LogP contribution in [0.15, 0.2) is 18.5 Å². The van der Waals surface area contributed by atoms with Gasteiger partial charge in [-0.1, -0.05) is 26.7 Å². The summed E-state index contributed by atoms with van der Waals surface area (Å²) in [5, 5.41) is 9.72. The Kier molecular flexibility index (Phi) is 12.9. The van der Waals surface area contributed by atoms with E-state index in [1.54, 1.807) is 32.9 Å². The van der Waals surface area contributed by atoms with Gasteiger partial charge in [0.25, 0.3) is 0 Å². The van der Waals surface area contributed by atoms with Crippen LogP contribution in [0.5, 0.6) is 0 Å². The Morgan fingerprint density at radius 3 is 2.04 bits per heavy atom. The first-order chi connectivity index (χ1) is 24.8. The van der Waals surface area contributed by atoms with Crippen molar-refractivity contribution < 1.29 is 52.0 Å². The Labute approximate surface area is 302 Å². The van der Waals surface area contributed by atoms with E-state index in [2.05, 4.69) is 20.3 Å². The molecule has 2 saturated carbocycles. The van der Waals surface area contributed by atoms with Gasteiger partial charge in [0.2, 0.25) is 0 Å². The molecule has 2 aromatic rings. The molecule has 5 rings (SSSR count). The van der Waals surface area contributed by atoms with Gasteiger partial charge >= 0.3 is 31.5 Å². The van der Waals surface area contributed by atoms with Gasteiger partial charge in [-0.15, -0.1) is 0 Å². The maximum Gasteiger partial charge on any atom is 0.342 e. The van der Waals surface area contributed by atoms with Gasteiger partial charge in [0.1, 0.15) is 35.6 Å². The lowest BCUT2D eigenvalue weighted by atomic mass is 9.86. The third kappa shape index (κ3) is 9.29. The second-order valence-corrected chi connectivity index (χ2v) is 15.9. The number of carbonyl (C=O) groups excluding carboxylic acids is 4. The molecule has 3 aliphatic rings. The molecule has 0 spiro atoms. The van der Waals surface area contributed by atoms with Gasteiger partial charge in [0.15, 0.2) is 18.0 Å². The monoisotopic (exact) mass is 750 g/mol. The van der Waals surface area contributed by atoms with E-state index in [0.717, 1.165) is 38.5 Å². The molecule has 17 nitrogen and oxygen atoms in total. The van der Waals surface area contributed by atoms with Gasteiger partial charge in [-0.3, -0.25) is 23.7 Å². The second kappa shape index (κ2) is 17.0. The largest absolute Gasteiger partial charge is 0.464 e. The van der Waals surface area contributed by atoms with Crippen molar-refractivity contribution in [2.24, 2.45) is 11.8 Å². The first-order valence-electron chi connectivity index (χ1n) is 18.0. The summed E-state index contributed by atoms with van der Waals surface area (Å²) in [5.41, 5.74) is 5.33. The van der Waals surface area contributed by atoms with Crippen LogP contribution >= 0.6 is 7.67 Å². The number of rotatable bonds is 18. The number of ether oxygens (including phenoxy) is 5. The number of anilines is 1. The number of carbonyl (C=O) groups is 4. The summed E-state index contributed by atoms with van der Waals surface area (Å²) in [6.45, 7) is 7.69. The van der Waals surface area contributed by atoms with E-state index in [9.17, 15) is 23.7 Å². The number of nitrogens with one attached hydrogen (secondary N) is 2.